The van der Waals surface area contributed by atoms with Crippen LogP contribution in [0, 0.1) is 0 Å². The largest absolute Gasteiger partial charge is 0.315 e. The van der Waals surface area contributed by atoms with Crippen LogP contribution in [0.1, 0.15) is 56.2 Å². The first-order valence-electron chi connectivity index (χ1n) is 6.80. The molecular weight excluding hydrogens is 278 g/mol. The van der Waals surface area contributed by atoms with E-state index in [1.807, 2.05) is 6.20 Å². The first-order chi connectivity index (χ1) is 8.36. The predicted octanol–water partition coefficient (Wildman–Crippen LogP) is 3.23. The predicted molar refractivity (Wildman–Crippen MR) is 72.3 cm³/mol. The molecule has 1 saturated carbocycles. The summed E-state index contributed by atoms with van der Waals surface area (Å²) in [6.07, 6.45) is 9.96. The highest BCUT2D eigenvalue weighted by Crippen LogP contribution is 2.39. The zero-order chi connectivity index (χ0) is 11.7. The van der Waals surface area contributed by atoms with E-state index in [9.17, 15) is 0 Å². The van der Waals surface area contributed by atoms with E-state index in [0.717, 1.165) is 19.0 Å². The monoisotopic (exact) mass is 297 g/mol. The molecule has 2 aliphatic rings. The molecule has 0 bridgehead atoms. The lowest BCUT2D eigenvalue weighted by molar-refractivity contribution is 0.333. The summed E-state index contributed by atoms with van der Waals surface area (Å²) in [5.74, 6) is 0.730. The number of hydrogen-bond acceptors (Lipinski definition) is 2. The maximum Gasteiger partial charge on any atom is 0.0647 e. The van der Waals surface area contributed by atoms with Gasteiger partial charge in [0.2, 0.25) is 0 Å². The minimum absolute atomic E-state index is 0.561. The Bertz CT molecular complexity index is 376. The highest BCUT2D eigenvalue weighted by molar-refractivity contribution is 9.10. The Morgan fingerprint density at radius 3 is 2.76 bits per heavy atom. The van der Waals surface area contributed by atoms with E-state index in [4.69, 9.17) is 0 Å². The van der Waals surface area contributed by atoms with Gasteiger partial charge in [0.1, 0.15) is 0 Å². The van der Waals surface area contributed by atoms with Gasteiger partial charge in [0, 0.05) is 12.5 Å². The summed E-state index contributed by atoms with van der Waals surface area (Å²) in [5, 5.41) is 8.10. The van der Waals surface area contributed by atoms with Gasteiger partial charge in [-0.2, -0.15) is 5.10 Å². The Kier molecular flexibility index (Phi) is 3.52. The molecule has 0 aromatic carbocycles. The average Bonchev–Trinajstić information content (AvgIpc) is 2.99. The van der Waals surface area contributed by atoms with Crippen LogP contribution in [0.3, 0.4) is 0 Å². The highest BCUT2D eigenvalue weighted by atomic mass is 79.9. The molecule has 94 valence electrons. The van der Waals surface area contributed by atoms with E-state index in [1.165, 1.54) is 48.7 Å². The summed E-state index contributed by atoms with van der Waals surface area (Å²) in [6.45, 7) is 2.24. The fraction of sp³-hybridized carbons (Fsp3) is 0.769. The number of piperidine rings is 1. The third kappa shape index (κ3) is 2.29. The van der Waals surface area contributed by atoms with Crippen molar-refractivity contribution in [2.45, 2.75) is 50.5 Å². The van der Waals surface area contributed by atoms with Crippen molar-refractivity contribution in [3.05, 3.63) is 16.4 Å². The van der Waals surface area contributed by atoms with Gasteiger partial charge < -0.3 is 5.32 Å². The summed E-state index contributed by atoms with van der Waals surface area (Å²) < 4.78 is 3.52. The molecule has 4 heteroatoms. The Balaban J connectivity index is 1.87. The van der Waals surface area contributed by atoms with Crippen molar-refractivity contribution in [2.24, 2.45) is 0 Å². The second kappa shape index (κ2) is 5.11. The third-order valence-electron chi connectivity index (χ3n) is 4.15. The van der Waals surface area contributed by atoms with Gasteiger partial charge in [-0.3, -0.25) is 4.68 Å². The molecule has 1 atom stereocenters. The van der Waals surface area contributed by atoms with E-state index >= 15 is 0 Å². The average molecular weight is 298 g/mol. The number of nitrogens with one attached hydrogen (secondary N) is 1. The Morgan fingerprint density at radius 2 is 2.06 bits per heavy atom. The van der Waals surface area contributed by atoms with Crippen molar-refractivity contribution in [1.82, 2.24) is 15.1 Å². The maximum atomic E-state index is 4.61. The van der Waals surface area contributed by atoms with Crippen molar-refractivity contribution in [3.63, 3.8) is 0 Å². The standard InChI is InChI=1S/C13H20BrN3/c14-12-9-16-17(11-6-3-7-15-8-11)13(12)10-4-1-2-5-10/h9-11,15H,1-8H2. The molecule has 1 aliphatic heterocycles. The number of halogens is 1. The molecule has 2 heterocycles. The van der Waals surface area contributed by atoms with Crippen LogP contribution in [0.25, 0.3) is 0 Å². The summed E-state index contributed by atoms with van der Waals surface area (Å²) in [6, 6.07) is 0.561. The first kappa shape index (κ1) is 11.7. The summed E-state index contributed by atoms with van der Waals surface area (Å²) in [4.78, 5) is 0. The topological polar surface area (TPSA) is 29.9 Å². The lowest BCUT2D eigenvalue weighted by atomic mass is 10.0. The molecule has 0 radical (unpaired) electrons. The fourth-order valence-electron chi connectivity index (χ4n) is 3.27. The van der Waals surface area contributed by atoms with Crippen molar-refractivity contribution in [3.8, 4) is 0 Å². The minimum Gasteiger partial charge on any atom is -0.315 e. The quantitative estimate of drug-likeness (QED) is 0.908. The highest BCUT2D eigenvalue weighted by Gasteiger charge is 2.27. The van der Waals surface area contributed by atoms with Crippen molar-refractivity contribution >= 4 is 15.9 Å². The van der Waals surface area contributed by atoms with Crippen molar-refractivity contribution < 1.29 is 0 Å². The van der Waals surface area contributed by atoms with Gasteiger partial charge in [0.25, 0.3) is 0 Å². The molecule has 17 heavy (non-hydrogen) atoms. The van der Waals surface area contributed by atoms with Gasteiger partial charge in [0.05, 0.1) is 22.4 Å². The SMILES string of the molecule is Brc1cnn(C2CCCNC2)c1C1CCCC1. The van der Waals surface area contributed by atoms with Crippen molar-refractivity contribution in [1.29, 1.82) is 0 Å². The van der Waals surface area contributed by atoms with Gasteiger partial charge in [-0.25, -0.2) is 0 Å². The lowest BCUT2D eigenvalue weighted by Crippen LogP contribution is -2.33. The molecule has 3 rings (SSSR count). The first-order valence-corrected chi connectivity index (χ1v) is 7.59. The number of hydrogen-bond donors (Lipinski definition) is 1. The Morgan fingerprint density at radius 1 is 1.24 bits per heavy atom. The summed E-state index contributed by atoms with van der Waals surface area (Å²) in [5.41, 5.74) is 1.45. The van der Waals surface area contributed by atoms with E-state index in [1.54, 1.807) is 0 Å². The molecule has 1 N–H and O–H groups in total. The van der Waals surface area contributed by atoms with Gasteiger partial charge in [-0.15, -0.1) is 0 Å². The number of aromatic nitrogens is 2. The second-order valence-electron chi connectivity index (χ2n) is 5.30. The van der Waals surface area contributed by atoms with E-state index in [2.05, 4.69) is 31.0 Å². The second-order valence-corrected chi connectivity index (χ2v) is 6.16. The molecule has 1 unspecified atom stereocenters. The van der Waals surface area contributed by atoms with Crippen LogP contribution in [0.4, 0.5) is 0 Å². The molecule has 2 fully saturated rings. The van der Waals surface area contributed by atoms with Crippen LogP contribution in [0.15, 0.2) is 10.7 Å². The van der Waals surface area contributed by atoms with Gasteiger partial charge in [-0.05, 0) is 48.2 Å². The molecule has 0 amide bonds. The number of nitrogens with zero attached hydrogens (tertiary/aromatic N) is 2. The summed E-state index contributed by atoms with van der Waals surface area (Å²) in [7, 11) is 0. The van der Waals surface area contributed by atoms with Gasteiger partial charge >= 0.3 is 0 Å². The Labute approximate surface area is 111 Å². The van der Waals surface area contributed by atoms with Crippen LogP contribution >= 0.6 is 15.9 Å². The summed E-state index contributed by atoms with van der Waals surface area (Å²) >= 11 is 3.69. The van der Waals surface area contributed by atoms with Crippen LogP contribution in [0.2, 0.25) is 0 Å². The third-order valence-corrected chi connectivity index (χ3v) is 4.76. The van der Waals surface area contributed by atoms with Gasteiger partial charge in [-0.1, -0.05) is 12.8 Å². The zero-order valence-corrected chi connectivity index (χ0v) is 11.7. The van der Waals surface area contributed by atoms with Crippen molar-refractivity contribution in [2.75, 3.05) is 13.1 Å². The smallest absolute Gasteiger partial charge is 0.0647 e. The fourth-order valence-corrected chi connectivity index (χ4v) is 3.86. The molecule has 1 aromatic heterocycles. The van der Waals surface area contributed by atoms with E-state index in [-0.39, 0.29) is 0 Å². The zero-order valence-electron chi connectivity index (χ0n) is 10.2. The molecule has 3 nitrogen and oxygen atoms in total. The van der Waals surface area contributed by atoms with Crippen LogP contribution in [0.5, 0.6) is 0 Å². The van der Waals surface area contributed by atoms with Gasteiger partial charge in [0.15, 0.2) is 0 Å². The minimum atomic E-state index is 0.561. The molecule has 1 saturated heterocycles. The van der Waals surface area contributed by atoms with Crippen LogP contribution in [-0.4, -0.2) is 22.9 Å². The molecular formula is C13H20BrN3. The normalized spacial score (nSPS) is 26.5. The molecule has 1 aromatic rings. The lowest BCUT2D eigenvalue weighted by Gasteiger charge is -2.26. The Hall–Kier alpha value is -0.350. The molecule has 0 spiro atoms. The molecule has 1 aliphatic carbocycles. The maximum absolute atomic E-state index is 4.61. The van der Waals surface area contributed by atoms with E-state index < -0.39 is 0 Å². The number of rotatable bonds is 2. The van der Waals surface area contributed by atoms with Crippen LogP contribution in [-0.2, 0) is 0 Å². The van der Waals surface area contributed by atoms with Crippen LogP contribution < -0.4 is 5.32 Å². The van der Waals surface area contributed by atoms with E-state index in [0.29, 0.717) is 6.04 Å².